The normalized spacial score (nSPS) is 21.7. The van der Waals surface area contributed by atoms with Crippen molar-refractivity contribution in [1.82, 2.24) is 0 Å². The van der Waals surface area contributed by atoms with Crippen LogP contribution in [0.2, 0.25) is 4.34 Å². The van der Waals surface area contributed by atoms with E-state index >= 15 is 0 Å². The first-order valence-electron chi connectivity index (χ1n) is 8.50. The second-order valence-corrected chi connectivity index (χ2v) is 8.28. The van der Waals surface area contributed by atoms with E-state index in [1.807, 2.05) is 13.0 Å². The van der Waals surface area contributed by atoms with Crippen molar-refractivity contribution >= 4 is 34.5 Å². The van der Waals surface area contributed by atoms with Gasteiger partial charge in [-0.05, 0) is 31.2 Å². The van der Waals surface area contributed by atoms with Gasteiger partial charge in [-0.15, -0.1) is 11.3 Å². The van der Waals surface area contributed by atoms with Crippen LogP contribution < -0.4 is 15.1 Å². The van der Waals surface area contributed by atoms with Gasteiger partial charge in [0.2, 0.25) is 0 Å². The van der Waals surface area contributed by atoms with Crippen LogP contribution in [0.1, 0.15) is 11.8 Å². The number of nitrogens with one attached hydrogen (secondary N) is 3. The van der Waals surface area contributed by atoms with Crippen molar-refractivity contribution in [2.75, 3.05) is 31.5 Å². The Labute approximate surface area is 156 Å². The summed E-state index contributed by atoms with van der Waals surface area (Å²) < 4.78 is 14.5. The molecule has 1 amide bonds. The zero-order valence-corrected chi connectivity index (χ0v) is 15.7. The van der Waals surface area contributed by atoms with E-state index in [9.17, 15) is 9.18 Å². The molecular formula is C18H23ClFN3OS+2. The van der Waals surface area contributed by atoms with E-state index in [-0.39, 0.29) is 17.6 Å². The second-order valence-electron chi connectivity index (χ2n) is 6.48. The van der Waals surface area contributed by atoms with Crippen LogP contribution in [0.3, 0.4) is 0 Å². The third-order valence-electron chi connectivity index (χ3n) is 4.79. The van der Waals surface area contributed by atoms with Gasteiger partial charge in [-0.1, -0.05) is 23.7 Å². The van der Waals surface area contributed by atoms with Crippen molar-refractivity contribution in [3.8, 4) is 0 Å². The van der Waals surface area contributed by atoms with Crippen molar-refractivity contribution in [2.45, 2.75) is 19.5 Å². The van der Waals surface area contributed by atoms with E-state index < -0.39 is 5.82 Å². The lowest BCUT2D eigenvalue weighted by atomic mass is 10.2. The molecule has 4 nitrogen and oxygen atoms in total. The highest BCUT2D eigenvalue weighted by molar-refractivity contribution is 7.16. The predicted molar refractivity (Wildman–Crippen MR) is 98.9 cm³/mol. The summed E-state index contributed by atoms with van der Waals surface area (Å²) in [6.07, 6.45) is 0. The van der Waals surface area contributed by atoms with E-state index in [0.717, 1.165) is 37.1 Å². The Bertz CT molecular complexity index is 731. The van der Waals surface area contributed by atoms with Crippen LogP contribution in [0.25, 0.3) is 0 Å². The molecule has 1 fully saturated rings. The van der Waals surface area contributed by atoms with E-state index in [2.05, 4.69) is 11.4 Å². The average molecular weight is 384 g/mol. The van der Waals surface area contributed by atoms with Crippen molar-refractivity contribution in [1.29, 1.82) is 0 Å². The molecule has 7 heteroatoms. The Balaban J connectivity index is 1.50. The minimum atomic E-state index is -0.401. The number of piperazine rings is 1. The molecule has 0 saturated carbocycles. The van der Waals surface area contributed by atoms with Gasteiger partial charge in [0.1, 0.15) is 38.5 Å². The summed E-state index contributed by atoms with van der Waals surface area (Å²) in [6.45, 7) is 6.79. The van der Waals surface area contributed by atoms with Crippen molar-refractivity contribution in [3.05, 3.63) is 51.4 Å². The molecule has 3 N–H and O–H groups in total. The van der Waals surface area contributed by atoms with Crippen LogP contribution in [-0.4, -0.2) is 38.1 Å². The van der Waals surface area contributed by atoms with Gasteiger partial charge in [-0.25, -0.2) is 4.39 Å². The van der Waals surface area contributed by atoms with Crippen molar-refractivity contribution < 1.29 is 19.0 Å². The van der Waals surface area contributed by atoms with Crippen LogP contribution >= 0.6 is 22.9 Å². The standard InChI is InChI=1S/C18H21ClFN3OS/c1-13(18(24)21-16-5-3-2-4-15(16)20)23-10-8-22(9-11-23)12-14-6-7-17(19)25-14/h2-7,13H,8-12H2,1H3,(H,21,24)/p+2/t13-/m0/s1. The zero-order chi connectivity index (χ0) is 17.8. The molecule has 25 heavy (non-hydrogen) atoms. The van der Waals surface area contributed by atoms with Gasteiger partial charge >= 0.3 is 0 Å². The summed E-state index contributed by atoms with van der Waals surface area (Å²) in [7, 11) is 0. The van der Waals surface area contributed by atoms with Gasteiger partial charge in [-0.2, -0.15) is 0 Å². The summed E-state index contributed by atoms with van der Waals surface area (Å²) in [6, 6.07) is 10.1. The minimum absolute atomic E-state index is 0.131. The summed E-state index contributed by atoms with van der Waals surface area (Å²) in [5.74, 6) is -0.532. The average Bonchev–Trinajstić information content (AvgIpc) is 3.02. The molecule has 0 spiro atoms. The number of hydrogen-bond acceptors (Lipinski definition) is 2. The SMILES string of the molecule is C[C@@H](C(=O)Nc1ccccc1F)[NH+]1CC[NH+](Cc2ccc(Cl)s2)CC1. The lowest BCUT2D eigenvalue weighted by Gasteiger charge is -2.32. The van der Waals surface area contributed by atoms with E-state index in [0.29, 0.717) is 0 Å². The molecule has 0 unspecified atom stereocenters. The van der Waals surface area contributed by atoms with Gasteiger partial charge in [0.25, 0.3) is 5.91 Å². The fraction of sp³-hybridized carbons (Fsp3) is 0.389. The number of halogens is 2. The Morgan fingerprint density at radius 2 is 1.96 bits per heavy atom. The Hall–Kier alpha value is -1.47. The van der Waals surface area contributed by atoms with Crippen LogP contribution in [0.4, 0.5) is 10.1 Å². The fourth-order valence-corrected chi connectivity index (χ4v) is 4.38. The molecule has 1 aliphatic rings. The predicted octanol–water partition coefficient (Wildman–Crippen LogP) is 0.851. The first kappa shape index (κ1) is 18.3. The third-order valence-corrected chi connectivity index (χ3v) is 6.02. The highest BCUT2D eigenvalue weighted by Gasteiger charge is 2.31. The molecule has 134 valence electrons. The van der Waals surface area contributed by atoms with Gasteiger partial charge in [0.15, 0.2) is 6.04 Å². The zero-order valence-electron chi connectivity index (χ0n) is 14.1. The third kappa shape index (κ3) is 4.79. The molecule has 0 radical (unpaired) electrons. The van der Waals surface area contributed by atoms with Gasteiger partial charge in [0.05, 0.1) is 14.9 Å². The molecule has 3 rings (SSSR count). The summed E-state index contributed by atoms with van der Waals surface area (Å²) >= 11 is 7.62. The number of quaternary nitrogens is 2. The smallest absolute Gasteiger partial charge is 0.282 e. The molecule has 1 aliphatic heterocycles. The summed E-state index contributed by atoms with van der Waals surface area (Å²) in [4.78, 5) is 16.5. The lowest BCUT2D eigenvalue weighted by molar-refractivity contribution is -1.02. The fourth-order valence-electron chi connectivity index (χ4n) is 3.22. The summed E-state index contributed by atoms with van der Waals surface area (Å²) in [5.41, 5.74) is 0.248. The van der Waals surface area contributed by atoms with Gasteiger partial charge < -0.3 is 15.1 Å². The first-order chi connectivity index (χ1) is 12.0. The number of hydrogen-bond donors (Lipinski definition) is 3. The monoisotopic (exact) mass is 383 g/mol. The number of carbonyl (C=O) groups is 1. The molecule has 2 heterocycles. The van der Waals surface area contributed by atoms with Gasteiger partial charge in [-0.3, -0.25) is 4.79 Å². The molecule has 0 bridgehead atoms. The van der Waals surface area contributed by atoms with Gasteiger partial charge in [0, 0.05) is 0 Å². The maximum atomic E-state index is 13.7. The van der Waals surface area contributed by atoms with E-state index in [4.69, 9.17) is 11.6 Å². The number of anilines is 1. The molecule has 1 atom stereocenters. The number of carbonyl (C=O) groups excluding carboxylic acids is 1. The van der Waals surface area contributed by atoms with E-state index in [1.54, 1.807) is 29.5 Å². The van der Waals surface area contributed by atoms with E-state index in [1.165, 1.54) is 20.7 Å². The number of thiophene rings is 1. The topological polar surface area (TPSA) is 38.0 Å². The van der Waals surface area contributed by atoms with Crippen LogP contribution in [0.5, 0.6) is 0 Å². The Kier molecular flexibility index (Phi) is 6.06. The number of amides is 1. The molecule has 1 saturated heterocycles. The van der Waals surface area contributed by atoms with Crippen molar-refractivity contribution in [2.24, 2.45) is 0 Å². The quantitative estimate of drug-likeness (QED) is 0.703. The molecule has 1 aromatic heterocycles. The second kappa shape index (κ2) is 8.27. The molecular weight excluding hydrogens is 361 g/mol. The molecule has 2 aromatic rings. The maximum absolute atomic E-state index is 13.7. The molecule has 0 aliphatic carbocycles. The number of para-hydroxylation sites is 1. The maximum Gasteiger partial charge on any atom is 0.282 e. The highest BCUT2D eigenvalue weighted by atomic mass is 35.5. The number of benzene rings is 1. The lowest BCUT2D eigenvalue weighted by Crippen LogP contribution is -3.29. The summed E-state index contributed by atoms with van der Waals surface area (Å²) in [5, 5.41) is 2.71. The Morgan fingerprint density at radius 1 is 1.24 bits per heavy atom. The highest BCUT2D eigenvalue weighted by Crippen LogP contribution is 2.20. The number of rotatable bonds is 5. The first-order valence-corrected chi connectivity index (χ1v) is 9.70. The molecule has 1 aromatic carbocycles. The van der Waals surface area contributed by atoms with Crippen LogP contribution in [-0.2, 0) is 11.3 Å². The van der Waals surface area contributed by atoms with Crippen LogP contribution in [0, 0.1) is 5.82 Å². The minimum Gasteiger partial charge on any atom is -0.321 e. The Morgan fingerprint density at radius 3 is 2.60 bits per heavy atom. The van der Waals surface area contributed by atoms with Crippen molar-refractivity contribution in [3.63, 3.8) is 0 Å². The largest absolute Gasteiger partial charge is 0.321 e. The van der Waals surface area contributed by atoms with Crippen LogP contribution in [0.15, 0.2) is 36.4 Å².